The highest BCUT2D eigenvalue weighted by Crippen LogP contribution is 2.16. The Morgan fingerprint density at radius 2 is 2.40 bits per heavy atom. The fourth-order valence-corrected chi connectivity index (χ4v) is 1.51. The third-order valence-electron chi connectivity index (χ3n) is 2.18. The van der Waals surface area contributed by atoms with Gasteiger partial charge in [-0.1, -0.05) is 6.92 Å². The van der Waals surface area contributed by atoms with Crippen LogP contribution in [-0.4, -0.2) is 22.6 Å². The molecule has 0 saturated heterocycles. The predicted octanol–water partition coefficient (Wildman–Crippen LogP) is 2.93. The molecule has 86 valence electrons. The van der Waals surface area contributed by atoms with Gasteiger partial charge in [0.2, 0.25) is 0 Å². The standard InChI is InChI=1S/C10H16BrFN2O/c1-3-8(2)15-7-10-9(11)6-14(13-10)5-4-12/h6,8H,3-5,7H2,1-2H3/t8-/m0/s1. The highest BCUT2D eigenvalue weighted by Gasteiger charge is 2.08. The molecule has 0 spiro atoms. The van der Waals surface area contributed by atoms with Crippen LogP contribution in [0.1, 0.15) is 26.0 Å². The Morgan fingerprint density at radius 1 is 1.67 bits per heavy atom. The molecule has 0 aliphatic heterocycles. The Bertz CT molecular complexity index is 304. The molecule has 0 aromatic carbocycles. The molecule has 3 nitrogen and oxygen atoms in total. The zero-order chi connectivity index (χ0) is 11.3. The average molecular weight is 279 g/mol. The normalized spacial score (nSPS) is 13.1. The zero-order valence-corrected chi connectivity index (χ0v) is 10.6. The van der Waals surface area contributed by atoms with Gasteiger partial charge in [-0.05, 0) is 29.3 Å². The molecular formula is C10H16BrFN2O. The molecule has 1 aromatic rings. The molecule has 1 aromatic heterocycles. The average Bonchev–Trinajstić information content (AvgIpc) is 2.56. The van der Waals surface area contributed by atoms with Crippen molar-refractivity contribution in [1.29, 1.82) is 0 Å². The topological polar surface area (TPSA) is 27.1 Å². The Labute approximate surface area is 97.7 Å². The zero-order valence-electron chi connectivity index (χ0n) is 9.04. The van der Waals surface area contributed by atoms with Crippen LogP contribution >= 0.6 is 15.9 Å². The molecule has 0 bridgehead atoms. The number of aromatic nitrogens is 2. The van der Waals surface area contributed by atoms with E-state index in [1.807, 2.05) is 6.92 Å². The molecule has 0 fully saturated rings. The Morgan fingerprint density at radius 3 is 3.00 bits per heavy atom. The van der Waals surface area contributed by atoms with Gasteiger partial charge in [0.25, 0.3) is 0 Å². The van der Waals surface area contributed by atoms with E-state index in [2.05, 4.69) is 28.0 Å². The van der Waals surface area contributed by atoms with Crippen LogP contribution in [0.15, 0.2) is 10.7 Å². The van der Waals surface area contributed by atoms with Crippen LogP contribution in [0.25, 0.3) is 0 Å². The number of hydrogen-bond donors (Lipinski definition) is 0. The Balaban J connectivity index is 2.53. The number of halogens is 2. The second-order valence-corrected chi connectivity index (χ2v) is 4.26. The van der Waals surface area contributed by atoms with Crippen molar-refractivity contribution in [2.45, 2.75) is 39.5 Å². The maximum atomic E-state index is 12.1. The second-order valence-electron chi connectivity index (χ2n) is 3.41. The number of nitrogens with zero attached hydrogens (tertiary/aromatic N) is 2. The molecule has 0 unspecified atom stereocenters. The first-order chi connectivity index (χ1) is 7.17. The van der Waals surface area contributed by atoms with Gasteiger partial charge >= 0.3 is 0 Å². The number of ether oxygens (including phenoxy) is 1. The summed E-state index contributed by atoms with van der Waals surface area (Å²) >= 11 is 3.37. The van der Waals surface area contributed by atoms with Crippen LogP contribution < -0.4 is 0 Å². The molecule has 0 radical (unpaired) electrons. The van der Waals surface area contributed by atoms with Gasteiger partial charge in [0.05, 0.1) is 23.7 Å². The monoisotopic (exact) mass is 278 g/mol. The molecular weight excluding hydrogens is 263 g/mol. The number of hydrogen-bond acceptors (Lipinski definition) is 2. The van der Waals surface area contributed by atoms with Crippen LogP contribution in [0.2, 0.25) is 0 Å². The van der Waals surface area contributed by atoms with Crippen LogP contribution in [0, 0.1) is 0 Å². The highest BCUT2D eigenvalue weighted by atomic mass is 79.9. The third-order valence-corrected chi connectivity index (χ3v) is 2.84. The van der Waals surface area contributed by atoms with E-state index in [9.17, 15) is 4.39 Å². The smallest absolute Gasteiger partial charge is 0.109 e. The lowest BCUT2D eigenvalue weighted by molar-refractivity contribution is 0.0482. The summed E-state index contributed by atoms with van der Waals surface area (Å²) in [5.74, 6) is 0. The van der Waals surface area contributed by atoms with Gasteiger partial charge in [0.15, 0.2) is 0 Å². The lowest BCUT2D eigenvalue weighted by atomic mass is 10.3. The molecule has 0 amide bonds. The van der Waals surface area contributed by atoms with Gasteiger partial charge in [-0.3, -0.25) is 4.68 Å². The van der Waals surface area contributed by atoms with E-state index >= 15 is 0 Å². The molecule has 0 saturated carbocycles. The van der Waals surface area contributed by atoms with Gasteiger partial charge in [-0.2, -0.15) is 5.10 Å². The summed E-state index contributed by atoms with van der Waals surface area (Å²) < 4.78 is 20.1. The van der Waals surface area contributed by atoms with Crippen molar-refractivity contribution in [3.05, 3.63) is 16.4 Å². The Kier molecular flexibility index (Phi) is 5.25. The number of aryl methyl sites for hydroxylation is 1. The minimum absolute atomic E-state index is 0.225. The maximum absolute atomic E-state index is 12.1. The van der Waals surface area contributed by atoms with Gasteiger partial charge in [0, 0.05) is 6.20 Å². The van der Waals surface area contributed by atoms with E-state index in [1.54, 1.807) is 10.9 Å². The van der Waals surface area contributed by atoms with Crippen LogP contribution in [0.4, 0.5) is 4.39 Å². The SMILES string of the molecule is CC[C@H](C)OCc1nn(CCF)cc1Br. The van der Waals surface area contributed by atoms with Crippen molar-refractivity contribution in [2.24, 2.45) is 0 Å². The summed E-state index contributed by atoms with van der Waals surface area (Å²) in [5, 5.41) is 4.21. The first kappa shape index (κ1) is 12.6. The minimum atomic E-state index is -0.403. The molecule has 1 heterocycles. The summed E-state index contributed by atoms with van der Waals surface area (Å²) in [4.78, 5) is 0. The van der Waals surface area contributed by atoms with Crippen molar-refractivity contribution in [2.75, 3.05) is 6.67 Å². The molecule has 1 atom stereocenters. The molecule has 0 N–H and O–H groups in total. The lowest BCUT2D eigenvalue weighted by Crippen LogP contribution is -2.07. The van der Waals surface area contributed by atoms with Crippen molar-refractivity contribution < 1.29 is 9.13 Å². The fraction of sp³-hybridized carbons (Fsp3) is 0.700. The first-order valence-corrected chi connectivity index (χ1v) is 5.86. The summed E-state index contributed by atoms with van der Waals surface area (Å²) in [5.41, 5.74) is 0.823. The van der Waals surface area contributed by atoms with Gasteiger partial charge in [0.1, 0.15) is 12.4 Å². The van der Waals surface area contributed by atoms with Crippen molar-refractivity contribution in [1.82, 2.24) is 9.78 Å². The summed E-state index contributed by atoms with van der Waals surface area (Å²) in [6, 6.07) is 0. The van der Waals surface area contributed by atoms with Crippen molar-refractivity contribution >= 4 is 15.9 Å². The van der Waals surface area contributed by atoms with Crippen LogP contribution in [0.5, 0.6) is 0 Å². The van der Waals surface area contributed by atoms with Gasteiger partial charge in [-0.25, -0.2) is 4.39 Å². The van der Waals surface area contributed by atoms with Crippen molar-refractivity contribution in [3.8, 4) is 0 Å². The minimum Gasteiger partial charge on any atom is -0.372 e. The quantitative estimate of drug-likeness (QED) is 0.800. The molecule has 0 aliphatic rings. The van der Waals surface area contributed by atoms with Crippen LogP contribution in [-0.2, 0) is 17.9 Å². The molecule has 15 heavy (non-hydrogen) atoms. The predicted molar refractivity (Wildman–Crippen MR) is 60.4 cm³/mol. The third kappa shape index (κ3) is 3.91. The highest BCUT2D eigenvalue weighted by molar-refractivity contribution is 9.10. The fourth-order valence-electron chi connectivity index (χ4n) is 1.08. The lowest BCUT2D eigenvalue weighted by Gasteiger charge is -2.08. The van der Waals surface area contributed by atoms with E-state index in [1.165, 1.54) is 0 Å². The summed E-state index contributed by atoms with van der Waals surface area (Å²) in [6.45, 7) is 4.45. The van der Waals surface area contributed by atoms with E-state index in [4.69, 9.17) is 4.74 Å². The molecule has 1 rings (SSSR count). The molecule has 0 aliphatic carbocycles. The number of rotatable bonds is 6. The van der Waals surface area contributed by atoms with E-state index in [-0.39, 0.29) is 6.10 Å². The first-order valence-electron chi connectivity index (χ1n) is 5.06. The summed E-state index contributed by atoms with van der Waals surface area (Å²) in [6.07, 6.45) is 2.97. The largest absolute Gasteiger partial charge is 0.372 e. The van der Waals surface area contributed by atoms with E-state index in [0.29, 0.717) is 13.2 Å². The van der Waals surface area contributed by atoms with Crippen molar-refractivity contribution in [3.63, 3.8) is 0 Å². The molecule has 5 heteroatoms. The second kappa shape index (κ2) is 6.23. The Hall–Kier alpha value is -0.420. The summed E-state index contributed by atoms with van der Waals surface area (Å²) in [7, 11) is 0. The van der Waals surface area contributed by atoms with Gasteiger partial charge in [-0.15, -0.1) is 0 Å². The van der Waals surface area contributed by atoms with E-state index in [0.717, 1.165) is 16.6 Å². The van der Waals surface area contributed by atoms with Gasteiger partial charge < -0.3 is 4.74 Å². The van der Waals surface area contributed by atoms with Crippen LogP contribution in [0.3, 0.4) is 0 Å². The number of alkyl halides is 1. The maximum Gasteiger partial charge on any atom is 0.109 e. The van der Waals surface area contributed by atoms with E-state index < -0.39 is 6.67 Å².